The highest BCUT2D eigenvalue weighted by Crippen LogP contribution is 2.19. The molecule has 0 aliphatic rings. The zero-order valence-corrected chi connectivity index (χ0v) is 14.7. The molecular formula is C20H24N2O2. The third kappa shape index (κ3) is 4.95. The van der Waals surface area contributed by atoms with Crippen molar-refractivity contribution in [3.8, 4) is 0 Å². The molecule has 0 atom stereocenters. The van der Waals surface area contributed by atoms with E-state index in [9.17, 15) is 4.79 Å². The van der Waals surface area contributed by atoms with Crippen LogP contribution >= 0.6 is 0 Å². The standard InChI is InChI=1S/C20H24N2O2/c1-14(2)18-10-8-17(9-11-18)12-21-24-13-19(23)22-20-15(3)6-5-7-16(20)4/h5-12,14H,13H2,1-4H3,(H,22,23)/b21-12-. The first kappa shape index (κ1) is 17.7. The Morgan fingerprint density at radius 3 is 2.33 bits per heavy atom. The summed E-state index contributed by atoms with van der Waals surface area (Å²) >= 11 is 0. The highest BCUT2D eigenvalue weighted by Gasteiger charge is 2.07. The lowest BCUT2D eigenvalue weighted by Crippen LogP contribution is -2.18. The minimum Gasteiger partial charge on any atom is -0.386 e. The van der Waals surface area contributed by atoms with Gasteiger partial charge in [0.2, 0.25) is 0 Å². The Morgan fingerprint density at radius 2 is 1.75 bits per heavy atom. The van der Waals surface area contributed by atoms with Gasteiger partial charge < -0.3 is 10.2 Å². The first-order valence-corrected chi connectivity index (χ1v) is 8.08. The molecule has 0 unspecified atom stereocenters. The maximum Gasteiger partial charge on any atom is 0.265 e. The Balaban J connectivity index is 1.84. The van der Waals surface area contributed by atoms with Crippen molar-refractivity contribution in [2.24, 2.45) is 5.16 Å². The van der Waals surface area contributed by atoms with Gasteiger partial charge in [-0.05, 0) is 42.0 Å². The number of nitrogens with zero attached hydrogens (tertiary/aromatic N) is 1. The van der Waals surface area contributed by atoms with Crippen molar-refractivity contribution >= 4 is 17.8 Å². The molecule has 4 nitrogen and oxygen atoms in total. The van der Waals surface area contributed by atoms with Crippen molar-refractivity contribution in [1.82, 2.24) is 0 Å². The van der Waals surface area contributed by atoms with Crippen LogP contribution < -0.4 is 5.32 Å². The number of anilines is 1. The quantitative estimate of drug-likeness (QED) is 0.632. The Bertz CT molecular complexity index is 699. The molecule has 2 rings (SSSR count). The van der Waals surface area contributed by atoms with Gasteiger partial charge >= 0.3 is 0 Å². The average Bonchev–Trinajstić information content (AvgIpc) is 2.55. The van der Waals surface area contributed by atoms with E-state index in [1.54, 1.807) is 6.21 Å². The average molecular weight is 324 g/mol. The minimum absolute atomic E-state index is 0.117. The van der Waals surface area contributed by atoms with Gasteiger partial charge in [0.15, 0.2) is 6.61 Å². The molecule has 2 aromatic carbocycles. The van der Waals surface area contributed by atoms with E-state index < -0.39 is 0 Å². The Hall–Kier alpha value is -2.62. The number of hydrogen-bond donors (Lipinski definition) is 1. The van der Waals surface area contributed by atoms with Crippen LogP contribution in [-0.4, -0.2) is 18.7 Å². The summed E-state index contributed by atoms with van der Waals surface area (Å²) in [6, 6.07) is 14.0. The molecule has 0 saturated carbocycles. The van der Waals surface area contributed by atoms with Crippen molar-refractivity contribution < 1.29 is 9.63 Å². The molecule has 0 aromatic heterocycles. The summed E-state index contributed by atoms with van der Waals surface area (Å²) in [4.78, 5) is 17.0. The number of oxime groups is 1. The zero-order valence-electron chi connectivity index (χ0n) is 14.7. The summed E-state index contributed by atoms with van der Waals surface area (Å²) in [5.74, 6) is 0.278. The second-order valence-electron chi connectivity index (χ2n) is 6.14. The van der Waals surface area contributed by atoms with Crippen molar-refractivity contribution in [2.45, 2.75) is 33.6 Å². The molecule has 0 fully saturated rings. The second kappa shape index (κ2) is 8.29. The van der Waals surface area contributed by atoms with E-state index in [4.69, 9.17) is 4.84 Å². The van der Waals surface area contributed by atoms with Crippen LogP contribution in [0.15, 0.2) is 47.6 Å². The lowest BCUT2D eigenvalue weighted by atomic mass is 10.0. The SMILES string of the molecule is Cc1cccc(C)c1NC(=O)CO/N=C\c1ccc(C(C)C)cc1. The van der Waals surface area contributed by atoms with Crippen LogP contribution in [0.2, 0.25) is 0 Å². The minimum atomic E-state index is -0.222. The topological polar surface area (TPSA) is 50.7 Å². The molecule has 0 heterocycles. The molecule has 0 radical (unpaired) electrons. The predicted molar refractivity (Wildman–Crippen MR) is 98.6 cm³/mol. The summed E-state index contributed by atoms with van der Waals surface area (Å²) in [6.07, 6.45) is 1.61. The molecule has 0 bridgehead atoms. The van der Waals surface area contributed by atoms with Gasteiger partial charge in [-0.15, -0.1) is 0 Å². The Morgan fingerprint density at radius 1 is 1.12 bits per heavy atom. The molecule has 4 heteroatoms. The van der Waals surface area contributed by atoms with Gasteiger partial charge in [0.25, 0.3) is 5.91 Å². The van der Waals surface area contributed by atoms with E-state index in [2.05, 4.69) is 36.5 Å². The van der Waals surface area contributed by atoms with Gasteiger partial charge in [-0.25, -0.2) is 0 Å². The van der Waals surface area contributed by atoms with Gasteiger partial charge in [0.1, 0.15) is 0 Å². The number of amides is 1. The van der Waals surface area contributed by atoms with Crippen LogP contribution in [0.1, 0.15) is 42.0 Å². The van der Waals surface area contributed by atoms with E-state index in [0.717, 1.165) is 22.4 Å². The molecule has 2 aromatic rings. The van der Waals surface area contributed by atoms with Crippen molar-refractivity contribution in [3.05, 3.63) is 64.7 Å². The maximum atomic E-state index is 11.9. The van der Waals surface area contributed by atoms with E-state index in [1.165, 1.54) is 5.56 Å². The first-order chi connectivity index (χ1) is 11.5. The fraction of sp³-hybridized carbons (Fsp3) is 0.300. The molecule has 0 saturated heterocycles. The number of rotatable bonds is 6. The van der Waals surface area contributed by atoms with Gasteiger partial charge in [0, 0.05) is 5.69 Å². The van der Waals surface area contributed by atoms with Crippen LogP contribution in [-0.2, 0) is 9.63 Å². The van der Waals surface area contributed by atoms with Crippen molar-refractivity contribution in [1.29, 1.82) is 0 Å². The molecule has 126 valence electrons. The van der Waals surface area contributed by atoms with Crippen molar-refractivity contribution in [2.75, 3.05) is 11.9 Å². The fourth-order valence-electron chi connectivity index (χ4n) is 2.35. The molecule has 0 aliphatic heterocycles. The van der Waals surface area contributed by atoms with Gasteiger partial charge in [-0.2, -0.15) is 0 Å². The van der Waals surface area contributed by atoms with Crippen LogP contribution in [0.4, 0.5) is 5.69 Å². The maximum absolute atomic E-state index is 11.9. The molecule has 1 amide bonds. The summed E-state index contributed by atoms with van der Waals surface area (Å²) < 4.78 is 0. The van der Waals surface area contributed by atoms with Crippen LogP contribution in [0, 0.1) is 13.8 Å². The largest absolute Gasteiger partial charge is 0.386 e. The Labute approximate surface area is 143 Å². The van der Waals surface area contributed by atoms with E-state index in [0.29, 0.717) is 5.92 Å². The van der Waals surface area contributed by atoms with Crippen molar-refractivity contribution in [3.63, 3.8) is 0 Å². The molecule has 0 spiro atoms. The van der Waals surface area contributed by atoms with Crippen LogP contribution in [0.25, 0.3) is 0 Å². The first-order valence-electron chi connectivity index (χ1n) is 8.08. The number of carbonyl (C=O) groups excluding carboxylic acids is 1. The third-order valence-electron chi connectivity index (χ3n) is 3.82. The normalized spacial score (nSPS) is 11.0. The number of nitrogens with one attached hydrogen (secondary N) is 1. The molecule has 24 heavy (non-hydrogen) atoms. The number of carbonyl (C=O) groups is 1. The van der Waals surface area contributed by atoms with E-state index in [1.807, 2.05) is 44.2 Å². The molecule has 0 aliphatic carbocycles. The van der Waals surface area contributed by atoms with Crippen LogP contribution in [0.5, 0.6) is 0 Å². The van der Waals surface area contributed by atoms with Gasteiger partial charge in [-0.3, -0.25) is 4.79 Å². The number of aryl methyl sites for hydroxylation is 2. The van der Waals surface area contributed by atoms with Gasteiger partial charge in [0.05, 0.1) is 6.21 Å². The van der Waals surface area contributed by atoms with Gasteiger partial charge in [-0.1, -0.05) is 61.5 Å². The number of benzene rings is 2. The molecule has 1 N–H and O–H groups in total. The highest BCUT2D eigenvalue weighted by atomic mass is 16.6. The second-order valence-corrected chi connectivity index (χ2v) is 6.14. The summed E-state index contributed by atoms with van der Waals surface area (Å²) in [5.41, 5.74) is 5.10. The molecular weight excluding hydrogens is 300 g/mol. The number of hydrogen-bond acceptors (Lipinski definition) is 3. The lowest BCUT2D eigenvalue weighted by Gasteiger charge is -2.10. The highest BCUT2D eigenvalue weighted by molar-refractivity contribution is 5.93. The summed E-state index contributed by atoms with van der Waals surface area (Å²) in [5, 5.41) is 6.72. The summed E-state index contributed by atoms with van der Waals surface area (Å²) in [7, 11) is 0. The van der Waals surface area contributed by atoms with Crippen LogP contribution in [0.3, 0.4) is 0 Å². The van der Waals surface area contributed by atoms with E-state index >= 15 is 0 Å². The predicted octanol–water partition coefficient (Wildman–Crippen LogP) is 4.42. The summed E-state index contributed by atoms with van der Waals surface area (Å²) in [6.45, 7) is 8.11. The fourth-order valence-corrected chi connectivity index (χ4v) is 2.35. The smallest absolute Gasteiger partial charge is 0.265 e. The Kier molecular flexibility index (Phi) is 6.13. The monoisotopic (exact) mass is 324 g/mol. The third-order valence-corrected chi connectivity index (χ3v) is 3.82. The number of para-hydroxylation sites is 1. The van der Waals surface area contributed by atoms with E-state index in [-0.39, 0.29) is 12.5 Å². The zero-order chi connectivity index (χ0) is 17.5. The lowest BCUT2D eigenvalue weighted by molar-refractivity contribution is -0.120.